The molecule has 0 unspecified atom stereocenters. The second kappa shape index (κ2) is 8.99. The van der Waals surface area contributed by atoms with Gasteiger partial charge in [0.2, 0.25) is 0 Å². The van der Waals surface area contributed by atoms with Crippen molar-refractivity contribution >= 4 is 29.2 Å². The minimum absolute atomic E-state index is 0.515. The summed E-state index contributed by atoms with van der Waals surface area (Å²) < 4.78 is 3.67. The number of aliphatic imine (C=N–C) groups is 1. The largest absolute Gasteiger partial charge is 0.357 e. The van der Waals surface area contributed by atoms with Crippen molar-refractivity contribution in [1.29, 1.82) is 0 Å². The minimum Gasteiger partial charge on any atom is -0.357 e. The van der Waals surface area contributed by atoms with Gasteiger partial charge in [-0.05, 0) is 31.4 Å². The molecule has 0 radical (unpaired) electrons. The third-order valence-electron chi connectivity index (χ3n) is 3.65. The fourth-order valence-electron chi connectivity index (χ4n) is 2.34. The number of hydrogen-bond donors (Lipinski definition) is 2. The molecule has 2 heterocycles. The topological polar surface area (TPSA) is 59.2 Å². The molecule has 2 aromatic rings. The quantitative estimate of drug-likeness (QED) is 0.447. The van der Waals surface area contributed by atoms with Gasteiger partial charge in [0.05, 0.1) is 17.8 Å². The molecule has 0 saturated heterocycles. The number of guanidine groups is 1. The lowest BCUT2D eigenvalue weighted by atomic mass is 10.2. The van der Waals surface area contributed by atoms with Gasteiger partial charge in [-0.3, -0.25) is 4.68 Å². The summed E-state index contributed by atoms with van der Waals surface area (Å²) >= 11 is 12.1. The number of nitrogens with one attached hydrogen (secondary N) is 2. The fraction of sp³-hybridized carbons (Fsp3) is 0.500. The SMILES string of the molecule is CCNC(=NCc1cc(Cl)c(Cl)n1C)NCCCc1cnn(C)c1. The van der Waals surface area contributed by atoms with Crippen LogP contribution in [0.1, 0.15) is 24.6 Å². The van der Waals surface area contributed by atoms with Crippen molar-refractivity contribution in [2.45, 2.75) is 26.3 Å². The summed E-state index contributed by atoms with van der Waals surface area (Å²) in [7, 11) is 3.81. The molecule has 8 heteroatoms. The fourth-order valence-corrected chi connectivity index (χ4v) is 2.76. The van der Waals surface area contributed by atoms with Crippen LogP contribution >= 0.6 is 23.2 Å². The van der Waals surface area contributed by atoms with Crippen LogP contribution in [0.3, 0.4) is 0 Å². The highest BCUT2D eigenvalue weighted by molar-refractivity contribution is 6.41. The van der Waals surface area contributed by atoms with Gasteiger partial charge in [-0.25, -0.2) is 4.99 Å². The number of aryl methyl sites for hydroxylation is 2. The summed E-state index contributed by atoms with van der Waals surface area (Å²) in [6.07, 6.45) is 5.95. The Labute approximate surface area is 152 Å². The van der Waals surface area contributed by atoms with Crippen LogP contribution in [-0.2, 0) is 27.1 Å². The molecule has 0 amide bonds. The molecule has 6 nitrogen and oxygen atoms in total. The highest BCUT2D eigenvalue weighted by Gasteiger charge is 2.08. The lowest BCUT2D eigenvalue weighted by Gasteiger charge is -2.11. The smallest absolute Gasteiger partial charge is 0.191 e. The molecular formula is C16H24Cl2N6. The molecule has 2 rings (SSSR count). The highest BCUT2D eigenvalue weighted by atomic mass is 35.5. The average molecular weight is 371 g/mol. The zero-order valence-corrected chi connectivity index (χ0v) is 15.8. The molecule has 0 fully saturated rings. The van der Waals surface area contributed by atoms with E-state index in [0.29, 0.717) is 16.7 Å². The van der Waals surface area contributed by atoms with E-state index in [1.165, 1.54) is 5.56 Å². The van der Waals surface area contributed by atoms with Crippen molar-refractivity contribution in [2.24, 2.45) is 19.1 Å². The first kappa shape index (κ1) is 18.7. The first-order valence-corrected chi connectivity index (χ1v) is 8.76. The standard InChI is InChI=1S/C16H24Cl2N6/c1-4-19-16(20-7-5-6-12-9-22-23(2)11-12)21-10-13-8-14(17)15(18)24(13)3/h8-9,11H,4-7,10H2,1-3H3,(H2,19,20,21). The Morgan fingerprint density at radius 1 is 1.29 bits per heavy atom. The summed E-state index contributed by atoms with van der Waals surface area (Å²) in [6.45, 7) is 4.21. The molecule has 0 bridgehead atoms. The van der Waals surface area contributed by atoms with E-state index >= 15 is 0 Å². The summed E-state index contributed by atoms with van der Waals surface area (Å²) in [5.74, 6) is 0.789. The number of halogens is 2. The van der Waals surface area contributed by atoms with Crippen molar-refractivity contribution in [1.82, 2.24) is 25.0 Å². The van der Waals surface area contributed by atoms with E-state index in [-0.39, 0.29) is 0 Å². The van der Waals surface area contributed by atoms with Crippen LogP contribution in [0.2, 0.25) is 10.2 Å². The van der Waals surface area contributed by atoms with Crippen LogP contribution < -0.4 is 10.6 Å². The van der Waals surface area contributed by atoms with Crippen molar-refractivity contribution in [3.63, 3.8) is 0 Å². The van der Waals surface area contributed by atoms with Crippen LogP contribution in [0.4, 0.5) is 0 Å². The van der Waals surface area contributed by atoms with Crippen LogP contribution in [0.25, 0.3) is 0 Å². The molecule has 2 aromatic heterocycles. The molecule has 0 saturated carbocycles. The second-order valence-corrected chi connectivity index (χ2v) is 6.35. The Bertz CT molecular complexity index is 689. The van der Waals surface area contributed by atoms with E-state index in [4.69, 9.17) is 23.2 Å². The van der Waals surface area contributed by atoms with Crippen LogP contribution in [0.5, 0.6) is 0 Å². The normalized spacial score (nSPS) is 11.8. The number of hydrogen-bond acceptors (Lipinski definition) is 2. The van der Waals surface area contributed by atoms with Gasteiger partial charge >= 0.3 is 0 Å². The molecule has 132 valence electrons. The van der Waals surface area contributed by atoms with Gasteiger partial charge in [0, 0.05) is 39.1 Å². The number of rotatable bonds is 7. The van der Waals surface area contributed by atoms with Gasteiger partial charge in [-0.15, -0.1) is 0 Å². The third-order valence-corrected chi connectivity index (χ3v) is 4.49. The molecule has 0 aliphatic heterocycles. The maximum absolute atomic E-state index is 6.08. The lowest BCUT2D eigenvalue weighted by Crippen LogP contribution is -2.37. The van der Waals surface area contributed by atoms with Crippen molar-refractivity contribution in [3.8, 4) is 0 Å². The predicted molar refractivity (Wildman–Crippen MR) is 99.8 cm³/mol. The first-order chi connectivity index (χ1) is 11.5. The molecule has 0 aliphatic carbocycles. The molecule has 2 N–H and O–H groups in total. The van der Waals surface area contributed by atoms with Crippen LogP contribution in [0, 0.1) is 0 Å². The third kappa shape index (κ3) is 5.18. The molecule has 0 spiro atoms. The monoisotopic (exact) mass is 370 g/mol. The minimum atomic E-state index is 0.515. The number of nitrogens with zero attached hydrogens (tertiary/aromatic N) is 4. The Balaban J connectivity index is 1.84. The van der Waals surface area contributed by atoms with E-state index < -0.39 is 0 Å². The highest BCUT2D eigenvalue weighted by Crippen LogP contribution is 2.25. The predicted octanol–water partition coefficient (Wildman–Crippen LogP) is 2.75. The first-order valence-electron chi connectivity index (χ1n) is 8.00. The van der Waals surface area contributed by atoms with E-state index in [2.05, 4.69) is 20.7 Å². The molecule has 0 atom stereocenters. The Kier molecular flexibility index (Phi) is 6.99. The van der Waals surface area contributed by atoms with E-state index in [0.717, 1.165) is 37.6 Å². The molecular weight excluding hydrogens is 347 g/mol. The van der Waals surface area contributed by atoms with Gasteiger partial charge < -0.3 is 15.2 Å². The van der Waals surface area contributed by atoms with E-state index in [9.17, 15) is 0 Å². The maximum atomic E-state index is 6.08. The van der Waals surface area contributed by atoms with Gasteiger partial charge in [0.15, 0.2) is 5.96 Å². The van der Waals surface area contributed by atoms with Gasteiger partial charge in [-0.1, -0.05) is 23.2 Å². The van der Waals surface area contributed by atoms with Crippen LogP contribution in [-0.4, -0.2) is 33.4 Å². The number of aromatic nitrogens is 3. The Morgan fingerprint density at radius 2 is 2.08 bits per heavy atom. The Hall–Kier alpha value is -1.66. The Morgan fingerprint density at radius 3 is 2.67 bits per heavy atom. The lowest BCUT2D eigenvalue weighted by molar-refractivity contribution is 0.736. The van der Waals surface area contributed by atoms with Gasteiger partial charge in [0.25, 0.3) is 0 Å². The summed E-state index contributed by atoms with van der Waals surface area (Å²) in [6, 6.07) is 1.85. The summed E-state index contributed by atoms with van der Waals surface area (Å²) in [5.41, 5.74) is 2.21. The van der Waals surface area contributed by atoms with E-state index in [1.54, 1.807) is 0 Å². The van der Waals surface area contributed by atoms with Crippen molar-refractivity contribution in [3.05, 3.63) is 39.9 Å². The zero-order valence-electron chi connectivity index (χ0n) is 14.3. The molecule has 0 aliphatic rings. The molecule has 0 aromatic carbocycles. The van der Waals surface area contributed by atoms with E-state index in [1.807, 2.05) is 48.7 Å². The van der Waals surface area contributed by atoms with Crippen molar-refractivity contribution in [2.75, 3.05) is 13.1 Å². The average Bonchev–Trinajstić information content (AvgIpc) is 3.08. The summed E-state index contributed by atoms with van der Waals surface area (Å²) in [5, 5.41) is 11.9. The second-order valence-electron chi connectivity index (χ2n) is 5.58. The molecule has 24 heavy (non-hydrogen) atoms. The maximum Gasteiger partial charge on any atom is 0.191 e. The van der Waals surface area contributed by atoms with Gasteiger partial charge in [0.1, 0.15) is 5.15 Å². The van der Waals surface area contributed by atoms with Crippen molar-refractivity contribution < 1.29 is 0 Å². The van der Waals surface area contributed by atoms with Gasteiger partial charge in [-0.2, -0.15) is 5.10 Å². The zero-order chi connectivity index (χ0) is 17.5. The summed E-state index contributed by atoms with van der Waals surface area (Å²) in [4.78, 5) is 4.59. The van der Waals surface area contributed by atoms with Crippen LogP contribution in [0.15, 0.2) is 23.5 Å².